The maximum atomic E-state index is 12.7. The standard InChI is InChI=1S/C16H14ClF3NO5PS/c1-9-5-12(21(22)23)15(28-8-27(24)25-2)7-14(9)26-13-4-3-10(6-11(13)17)16(18,19)20/h3-7,27H,8H2,1-2H3. The lowest BCUT2D eigenvalue weighted by Gasteiger charge is -2.14. The van der Waals surface area contributed by atoms with Crippen LogP contribution in [0.25, 0.3) is 0 Å². The van der Waals surface area contributed by atoms with Crippen LogP contribution in [0.15, 0.2) is 35.2 Å². The fraction of sp³-hybridized carbons (Fsp3) is 0.250. The smallest absolute Gasteiger partial charge is 0.416 e. The topological polar surface area (TPSA) is 78.7 Å². The van der Waals surface area contributed by atoms with E-state index in [0.29, 0.717) is 5.56 Å². The third-order valence-corrected chi connectivity index (χ3v) is 6.41. The van der Waals surface area contributed by atoms with Crippen LogP contribution in [-0.4, -0.2) is 17.5 Å². The molecule has 2 aromatic rings. The Bertz CT molecular complexity index is 926. The fourth-order valence-electron chi connectivity index (χ4n) is 2.10. The Morgan fingerprint density at radius 2 is 1.93 bits per heavy atom. The Morgan fingerprint density at radius 3 is 2.46 bits per heavy atom. The normalized spacial score (nSPS) is 12.6. The highest BCUT2D eigenvalue weighted by Crippen LogP contribution is 2.42. The van der Waals surface area contributed by atoms with Crippen molar-refractivity contribution in [3.8, 4) is 11.5 Å². The second-order valence-corrected chi connectivity index (χ2v) is 8.90. The molecular formula is C16H14ClF3NO5PS. The van der Waals surface area contributed by atoms with Gasteiger partial charge in [0, 0.05) is 19.2 Å². The van der Waals surface area contributed by atoms with E-state index in [9.17, 15) is 27.9 Å². The number of nitro groups is 1. The number of nitro benzene ring substituents is 1. The van der Waals surface area contributed by atoms with Crippen molar-refractivity contribution in [1.82, 2.24) is 0 Å². The van der Waals surface area contributed by atoms with Gasteiger partial charge < -0.3 is 9.26 Å². The highest BCUT2D eigenvalue weighted by Gasteiger charge is 2.31. The summed E-state index contributed by atoms with van der Waals surface area (Å²) in [7, 11) is -1.08. The zero-order valence-electron chi connectivity index (χ0n) is 14.5. The van der Waals surface area contributed by atoms with Crippen LogP contribution in [0.5, 0.6) is 11.5 Å². The van der Waals surface area contributed by atoms with Crippen molar-refractivity contribution in [2.75, 3.05) is 12.6 Å². The summed E-state index contributed by atoms with van der Waals surface area (Å²) in [5.74, 6) is 0.139. The summed E-state index contributed by atoms with van der Waals surface area (Å²) in [6.07, 6.45) is -4.55. The first kappa shape index (κ1) is 22.5. The van der Waals surface area contributed by atoms with Crippen molar-refractivity contribution in [2.24, 2.45) is 0 Å². The van der Waals surface area contributed by atoms with Gasteiger partial charge in [-0.2, -0.15) is 13.2 Å². The van der Waals surface area contributed by atoms with Crippen LogP contribution in [-0.2, 0) is 15.3 Å². The number of halogens is 4. The lowest BCUT2D eigenvalue weighted by atomic mass is 10.2. The van der Waals surface area contributed by atoms with E-state index < -0.39 is 24.7 Å². The number of benzene rings is 2. The second-order valence-electron chi connectivity index (χ2n) is 5.45. The molecule has 0 saturated heterocycles. The molecule has 0 heterocycles. The van der Waals surface area contributed by atoms with Crippen LogP contribution < -0.4 is 4.74 Å². The average molecular weight is 456 g/mol. The monoisotopic (exact) mass is 455 g/mol. The highest BCUT2D eigenvalue weighted by atomic mass is 35.5. The van der Waals surface area contributed by atoms with Crippen molar-refractivity contribution < 1.29 is 31.9 Å². The van der Waals surface area contributed by atoms with Gasteiger partial charge in [0.2, 0.25) is 8.03 Å². The van der Waals surface area contributed by atoms with E-state index in [-0.39, 0.29) is 32.6 Å². The second kappa shape index (κ2) is 9.17. The lowest BCUT2D eigenvalue weighted by molar-refractivity contribution is -0.387. The van der Waals surface area contributed by atoms with Gasteiger partial charge in [-0.1, -0.05) is 11.6 Å². The Hall–Kier alpha value is -1.74. The number of thioether (sulfide) groups is 1. The highest BCUT2D eigenvalue weighted by molar-refractivity contribution is 8.03. The Kier molecular flexibility index (Phi) is 7.39. The summed E-state index contributed by atoms with van der Waals surface area (Å²) in [5.41, 5.74) is -0.733. The van der Waals surface area contributed by atoms with E-state index in [1.165, 1.54) is 19.2 Å². The molecule has 152 valence electrons. The average Bonchev–Trinajstić information content (AvgIpc) is 2.61. The van der Waals surface area contributed by atoms with Crippen LogP contribution >= 0.6 is 31.4 Å². The zero-order chi connectivity index (χ0) is 21.1. The van der Waals surface area contributed by atoms with Gasteiger partial charge in [0.15, 0.2) is 0 Å². The molecule has 0 saturated carbocycles. The molecule has 0 fully saturated rings. The van der Waals surface area contributed by atoms with Gasteiger partial charge in [0.05, 0.1) is 25.9 Å². The summed E-state index contributed by atoms with van der Waals surface area (Å²) >= 11 is 6.84. The molecule has 0 amide bonds. The van der Waals surface area contributed by atoms with Crippen LogP contribution in [0.3, 0.4) is 0 Å². The maximum Gasteiger partial charge on any atom is 0.416 e. The van der Waals surface area contributed by atoms with Gasteiger partial charge >= 0.3 is 6.18 Å². The summed E-state index contributed by atoms with van der Waals surface area (Å²) in [4.78, 5) is 10.9. The van der Waals surface area contributed by atoms with E-state index in [1.54, 1.807) is 6.92 Å². The first-order chi connectivity index (χ1) is 13.0. The summed E-state index contributed by atoms with van der Waals surface area (Å²) in [5, 5.41) is 11.0. The minimum atomic E-state index is -4.55. The number of nitrogens with zero attached hydrogens (tertiary/aromatic N) is 1. The quantitative estimate of drug-likeness (QED) is 0.204. The molecule has 12 heteroatoms. The third-order valence-electron chi connectivity index (χ3n) is 3.51. The summed E-state index contributed by atoms with van der Waals surface area (Å²) in [6, 6.07) is 5.25. The molecule has 0 aliphatic carbocycles. The SMILES string of the molecule is CO[PH](=O)CSc1cc(Oc2ccc(C(F)(F)F)cc2Cl)c(C)cc1[N+](=O)[O-]. The van der Waals surface area contributed by atoms with Crippen LogP contribution in [0.1, 0.15) is 11.1 Å². The number of hydrogen-bond donors (Lipinski definition) is 0. The number of ether oxygens (including phenoxy) is 1. The number of hydrogen-bond acceptors (Lipinski definition) is 6. The molecule has 2 rings (SSSR count). The molecule has 6 nitrogen and oxygen atoms in total. The van der Waals surface area contributed by atoms with Gasteiger partial charge in [0.25, 0.3) is 5.69 Å². The van der Waals surface area contributed by atoms with E-state index in [4.69, 9.17) is 20.9 Å². The predicted octanol–water partition coefficient (Wildman–Crippen LogP) is 6.54. The minimum absolute atomic E-state index is 0.0194. The maximum absolute atomic E-state index is 12.7. The summed E-state index contributed by atoms with van der Waals surface area (Å²) in [6.45, 7) is 1.55. The van der Waals surface area contributed by atoms with Gasteiger partial charge in [-0.15, -0.1) is 11.8 Å². The van der Waals surface area contributed by atoms with Crippen molar-refractivity contribution in [1.29, 1.82) is 0 Å². The first-order valence-corrected chi connectivity index (χ1v) is 10.4. The molecule has 2 aromatic carbocycles. The Labute approximate surface area is 168 Å². The van der Waals surface area contributed by atoms with Crippen molar-refractivity contribution in [3.05, 3.63) is 56.6 Å². The first-order valence-electron chi connectivity index (χ1n) is 7.56. The van der Waals surface area contributed by atoms with Gasteiger partial charge in [0.1, 0.15) is 11.5 Å². The van der Waals surface area contributed by atoms with Crippen LogP contribution in [0.2, 0.25) is 5.02 Å². The van der Waals surface area contributed by atoms with Crippen molar-refractivity contribution in [2.45, 2.75) is 18.0 Å². The molecule has 28 heavy (non-hydrogen) atoms. The molecule has 0 aliphatic rings. The molecule has 0 spiro atoms. The van der Waals surface area contributed by atoms with Gasteiger partial charge in [-0.25, -0.2) is 0 Å². The molecule has 1 atom stereocenters. The number of aryl methyl sites for hydroxylation is 1. The molecular weight excluding hydrogens is 442 g/mol. The number of rotatable bonds is 7. The minimum Gasteiger partial charge on any atom is -0.455 e. The third kappa shape index (κ3) is 5.64. The van der Waals surface area contributed by atoms with Crippen molar-refractivity contribution >= 4 is 37.1 Å². The molecule has 0 aromatic heterocycles. The lowest BCUT2D eigenvalue weighted by Crippen LogP contribution is -2.04. The molecule has 0 N–H and O–H groups in total. The molecule has 0 aliphatic heterocycles. The molecule has 1 unspecified atom stereocenters. The van der Waals surface area contributed by atoms with Gasteiger partial charge in [-0.3, -0.25) is 14.7 Å². The molecule has 0 radical (unpaired) electrons. The van der Waals surface area contributed by atoms with E-state index in [1.807, 2.05) is 0 Å². The van der Waals surface area contributed by atoms with Crippen molar-refractivity contribution in [3.63, 3.8) is 0 Å². The fourth-order valence-corrected chi connectivity index (χ4v) is 4.35. The Morgan fingerprint density at radius 1 is 1.25 bits per heavy atom. The van der Waals surface area contributed by atoms with E-state index in [2.05, 4.69) is 0 Å². The van der Waals surface area contributed by atoms with Gasteiger partial charge in [-0.05, 0) is 30.7 Å². The van der Waals surface area contributed by atoms with E-state index >= 15 is 0 Å². The Balaban J connectivity index is 2.37. The van der Waals surface area contributed by atoms with E-state index in [0.717, 1.165) is 30.0 Å². The van der Waals surface area contributed by atoms with Crippen LogP contribution in [0.4, 0.5) is 18.9 Å². The molecule has 0 bridgehead atoms. The zero-order valence-corrected chi connectivity index (χ0v) is 17.1. The largest absolute Gasteiger partial charge is 0.455 e. The predicted molar refractivity (Wildman–Crippen MR) is 101 cm³/mol. The summed E-state index contributed by atoms with van der Waals surface area (Å²) < 4.78 is 60.0. The number of alkyl halides is 3. The van der Waals surface area contributed by atoms with Crippen LogP contribution in [0, 0.1) is 17.0 Å².